The second-order valence-electron chi connectivity index (χ2n) is 3.20. The van der Waals surface area contributed by atoms with Crippen LogP contribution in [0.2, 0.25) is 0 Å². The molecular weight excluding hydrogens is 228 g/mol. The molecule has 1 aromatic heterocycles. The van der Waals surface area contributed by atoms with Crippen LogP contribution in [0.3, 0.4) is 0 Å². The van der Waals surface area contributed by atoms with Gasteiger partial charge in [-0.05, 0) is 41.4 Å². The third-order valence-corrected chi connectivity index (χ3v) is 2.86. The van der Waals surface area contributed by atoms with Gasteiger partial charge in [-0.3, -0.25) is 4.98 Å². The van der Waals surface area contributed by atoms with E-state index in [9.17, 15) is 0 Å². The Morgan fingerprint density at radius 2 is 2.23 bits per heavy atom. The van der Waals surface area contributed by atoms with Crippen molar-refractivity contribution in [2.45, 2.75) is 32.7 Å². The van der Waals surface area contributed by atoms with Gasteiger partial charge < -0.3 is 5.73 Å². The number of halogens is 1. The summed E-state index contributed by atoms with van der Waals surface area (Å²) in [6, 6.07) is 4.07. The molecule has 1 atom stereocenters. The third-order valence-electron chi connectivity index (χ3n) is 2.02. The molecule has 0 aromatic carbocycles. The Morgan fingerprint density at radius 1 is 1.54 bits per heavy atom. The molecular formula is C10H15BrN2. The Hall–Kier alpha value is -0.410. The minimum absolute atomic E-state index is 0.0804. The van der Waals surface area contributed by atoms with Gasteiger partial charge in [0.05, 0.1) is 11.4 Å². The van der Waals surface area contributed by atoms with Crippen molar-refractivity contribution < 1.29 is 0 Å². The zero-order valence-corrected chi connectivity index (χ0v) is 9.63. The summed E-state index contributed by atoms with van der Waals surface area (Å²) in [4.78, 5) is 4.42. The van der Waals surface area contributed by atoms with Gasteiger partial charge in [0.1, 0.15) is 0 Å². The lowest BCUT2D eigenvalue weighted by atomic mass is 10.1. The first kappa shape index (κ1) is 10.7. The minimum atomic E-state index is 0.0804. The maximum Gasteiger partial charge on any atom is 0.0575 e. The average Bonchev–Trinajstić information content (AvgIpc) is 2.10. The lowest BCUT2D eigenvalue weighted by Gasteiger charge is -2.10. The topological polar surface area (TPSA) is 38.9 Å². The SMILES string of the molecule is CCCC(N)c1ccc(Br)c(C)n1. The fourth-order valence-electron chi connectivity index (χ4n) is 1.23. The van der Waals surface area contributed by atoms with Gasteiger partial charge in [-0.15, -0.1) is 0 Å². The van der Waals surface area contributed by atoms with Gasteiger partial charge in [0.15, 0.2) is 0 Å². The molecule has 2 N–H and O–H groups in total. The average molecular weight is 243 g/mol. The molecule has 0 spiro atoms. The van der Waals surface area contributed by atoms with Crippen molar-refractivity contribution in [1.29, 1.82) is 0 Å². The van der Waals surface area contributed by atoms with E-state index in [2.05, 4.69) is 27.8 Å². The Balaban J connectivity index is 2.84. The summed E-state index contributed by atoms with van der Waals surface area (Å²) in [7, 11) is 0. The first-order valence-electron chi connectivity index (χ1n) is 4.53. The quantitative estimate of drug-likeness (QED) is 0.886. The largest absolute Gasteiger partial charge is 0.323 e. The molecule has 0 fully saturated rings. The summed E-state index contributed by atoms with van der Waals surface area (Å²) in [5.41, 5.74) is 7.94. The van der Waals surface area contributed by atoms with Gasteiger partial charge in [-0.1, -0.05) is 13.3 Å². The van der Waals surface area contributed by atoms with E-state index in [4.69, 9.17) is 5.73 Å². The van der Waals surface area contributed by atoms with Crippen LogP contribution in [0.5, 0.6) is 0 Å². The molecule has 1 unspecified atom stereocenters. The zero-order chi connectivity index (χ0) is 9.84. The van der Waals surface area contributed by atoms with Gasteiger partial charge in [-0.2, -0.15) is 0 Å². The highest BCUT2D eigenvalue weighted by atomic mass is 79.9. The highest BCUT2D eigenvalue weighted by molar-refractivity contribution is 9.10. The molecule has 1 aromatic rings. The van der Waals surface area contributed by atoms with Crippen LogP contribution in [0.25, 0.3) is 0 Å². The van der Waals surface area contributed by atoms with Crippen LogP contribution in [0, 0.1) is 6.92 Å². The molecule has 0 aliphatic carbocycles. The normalized spacial score (nSPS) is 12.9. The van der Waals surface area contributed by atoms with E-state index >= 15 is 0 Å². The fraction of sp³-hybridized carbons (Fsp3) is 0.500. The standard InChI is InChI=1S/C10H15BrN2/c1-3-4-9(12)10-6-5-8(11)7(2)13-10/h5-6,9H,3-4,12H2,1-2H3. The number of nitrogens with zero attached hydrogens (tertiary/aromatic N) is 1. The number of nitrogens with two attached hydrogens (primary N) is 1. The second kappa shape index (κ2) is 4.72. The molecule has 0 aliphatic heterocycles. The van der Waals surface area contributed by atoms with Crippen molar-refractivity contribution in [2.75, 3.05) is 0 Å². The van der Waals surface area contributed by atoms with Gasteiger partial charge in [-0.25, -0.2) is 0 Å². The highest BCUT2D eigenvalue weighted by Crippen LogP contribution is 2.18. The second-order valence-corrected chi connectivity index (χ2v) is 4.05. The Bertz CT molecular complexity index is 286. The van der Waals surface area contributed by atoms with Crippen molar-refractivity contribution in [3.8, 4) is 0 Å². The van der Waals surface area contributed by atoms with Gasteiger partial charge in [0, 0.05) is 10.5 Å². The lowest BCUT2D eigenvalue weighted by molar-refractivity contribution is 0.620. The van der Waals surface area contributed by atoms with Crippen LogP contribution < -0.4 is 5.73 Å². The molecule has 0 saturated carbocycles. The molecule has 1 rings (SSSR count). The third kappa shape index (κ3) is 2.78. The smallest absolute Gasteiger partial charge is 0.0575 e. The van der Waals surface area contributed by atoms with Crippen LogP contribution in [-0.2, 0) is 0 Å². The van der Waals surface area contributed by atoms with Crippen molar-refractivity contribution in [1.82, 2.24) is 4.98 Å². The van der Waals surface area contributed by atoms with Crippen LogP contribution in [0.15, 0.2) is 16.6 Å². The predicted octanol–water partition coefficient (Wildman–Crippen LogP) is 2.95. The van der Waals surface area contributed by atoms with E-state index < -0.39 is 0 Å². The van der Waals surface area contributed by atoms with E-state index in [1.165, 1.54) is 0 Å². The van der Waals surface area contributed by atoms with Crippen molar-refractivity contribution in [3.63, 3.8) is 0 Å². The van der Waals surface area contributed by atoms with Gasteiger partial charge in [0.25, 0.3) is 0 Å². The molecule has 13 heavy (non-hydrogen) atoms. The number of aryl methyl sites for hydroxylation is 1. The van der Waals surface area contributed by atoms with Crippen LogP contribution >= 0.6 is 15.9 Å². The van der Waals surface area contributed by atoms with Crippen molar-refractivity contribution in [3.05, 3.63) is 28.0 Å². The van der Waals surface area contributed by atoms with E-state index in [0.29, 0.717) is 0 Å². The van der Waals surface area contributed by atoms with Gasteiger partial charge >= 0.3 is 0 Å². The molecule has 3 heteroatoms. The molecule has 1 heterocycles. The van der Waals surface area contributed by atoms with Gasteiger partial charge in [0.2, 0.25) is 0 Å². The molecule has 72 valence electrons. The summed E-state index contributed by atoms with van der Waals surface area (Å²) in [6.07, 6.45) is 2.09. The summed E-state index contributed by atoms with van der Waals surface area (Å²) >= 11 is 3.41. The Morgan fingerprint density at radius 3 is 2.77 bits per heavy atom. The number of hydrogen-bond acceptors (Lipinski definition) is 2. The number of pyridine rings is 1. The minimum Gasteiger partial charge on any atom is -0.323 e. The Kier molecular flexibility index (Phi) is 3.88. The maximum absolute atomic E-state index is 5.95. The van der Waals surface area contributed by atoms with E-state index in [1.807, 2.05) is 19.1 Å². The fourth-order valence-corrected chi connectivity index (χ4v) is 1.45. The summed E-state index contributed by atoms with van der Waals surface area (Å²) in [5.74, 6) is 0. The van der Waals surface area contributed by atoms with Crippen molar-refractivity contribution in [2.24, 2.45) is 5.73 Å². The Labute approximate surface area is 87.7 Å². The summed E-state index contributed by atoms with van der Waals surface area (Å²) in [6.45, 7) is 4.11. The highest BCUT2D eigenvalue weighted by Gasteiger charge is 2.07. The summed E-state index contributed by atoms with van der Waals surface area (Å²) in [5, 5.41) is 0. The van der Waals surface area contributed by atoms with E-state index in [0.717, 1.165) is 28.7 Å². The molecule has 0 saturated heterocycles. The maximum atomic E-state index is 5.95. The van der Waals surface area contributed by atoms with E-state index in [-0.39, 0.29) is 6.04 Å². The first-order valence-corrected chi connectivity index (χ1v) is 5.33. The molecule has 2 nitrogen and oxygen atoms in total. The monoisotopic (exact) mass is 242 g/mol. The zero-order valence-electron chi connectivity index (χ0n) is 8.05. The summed E-state index contributed by atoms with van der Waals surface area (Å²) < 4.78 is 1.04. The van der Waals surface area contributed by atoms with E-state index in [1.54, 1.807) is 0 Å². The van der Waals surface area contributed by atoms with Crippen LogP contribution in [0.4, 0.5) is 0 Å². The van der Waals surface area contributed by atoms with Crippen LogP contribution in [-0.4, -0.2) is 4.98 Å². The van der Waals surface area contributed by atoms with Crippen LogP contribution in [0.1, 0.15) is 37.2 Å². The number of hydrogen-bond donors (Lipinski definition) is 1. The predicted molar refractivity (Wildman–Crippen MR) is 58.5 cm³/mol. The molecule has 0 amide bonds. The molecule has 0 radical (unpaired) electrons. The number of aromatic nitrogens is 1. The molecule has 0 bridgehead atoms. The first-order chi connectivity index (χ1) is 6.15. The van der Waals surface area contributed by atoms with Crippen molar-refractivity contribution >= 4 is 15.9 Å². The molecule has 0 aliphatic rings. The number of rotatable bonds is 3. The lowest BCUT2D eigenvalue weighted by Crippen LogP contribution is -2.12.